The average molecular weight is 387 g/mol. The maximum absolute atomic E-state index is 13.1. The maximum Gasteiger partial charge on any atom is 0.123 e. The smallest absolute Gasteiger partial charge is 0.123 e. The van der Waals surface area contributed by atoms with Crippen molar-refractivity contribution < 1.29 is 9.13 Å². The number of benzene rings is 2. The van der Waals surface area contributed by atoms with E-state index in [-0.39, 0.29) is 11.1 Å². The standard InChI is InChI=1S/C22H27FN2OS/c1-2-5-18-6-3-4-7-22(18)26-17-21(27)16-24-12-14-25(15-13-24)20-10-8-19(23)9-11-20/h2-4,6-11,21,27H,1,5,12-17H2/t21-/m1/s1. The van der Waals surface area contributed by atoms with Crippen molar-refractivity contribution in [2.75, 3.05) is 44.2 Å². The van der Waals surface area contributed by atoms with Gasteiger partial charge < -0.3 is 9.64 Å². The summed E-state index contributed by atoms with van der Waals surface area (Å²) in [4.78, 5) is 4.71. The van der Waals surface area contributed by atoms with Crippen LogP contribution >= 0.6 is 12.6 Å². The van der Waals surface area contributed by atoms with Gasteiger partial charge in [0, 0.05) is 43.7 Å². The van der Waals surface area contributed by atoms with E-state index in [4.69, 9.17) is 17.4 Å². The zero-order valence-electron chi connectivity index (χ0n) is 15.6. The van der Waals surface area contributed by atoms with Crippen molar-refractivity contribution in [3.8, 4) is 5.75 Å². The number of nitrogens with zero attached hydrogens (tertiary/aromatic N) is 2. The van der Waals surface area contributed by atoms with Gasteiger partial charge in [0.25, 0.3) is 0 Å². The Morgan fingerprint density at radius 3 is 2.48 bits per heavy atom. The molecular formula is C22H27FN2OS. The highest BCUT2D eigenvalue weighted by Gasteiger charge is 2.19. The van der Waals surface area contributed by atoms with Crippen LogP contribution in [0.2, 0.25) is 0 Å². The van der Waals surface area contributed by atoms with E-state index < -0.39 is 0 Å². The van der Waals surface area contributed by atoms with Gasteiger partial charge in [0.1, 0.15) is 18.2 Å². The molecule has 0 bridgehead atoms. The molecule has 0 radical (unpaired) electrons. The first kappa shape index (κ1) is 19.8. The van der Waals surface area contributed by atoms with Crippen LogP contribution < -0.4 is 9.64 Å². The van der Waals surface area contributed by atoms with Crippen LogP contribution in [-0.2, 0) is 6.42 Å². The van der Waals surface area contributed by atoms with Gasteiger partial charge in [-0.2, -0.15) is 12.6 Å². The molecule has 0 aliphatic carbocycles. The van der Waals surface area contributed by atoms with E-state index in [1.54, 1.807) is 0 Å². The third kappa shape index (κ3) is 5.75. The molecule has 2 aromatic rings. The zero-order valence-corrected chi connectivity index (χ0v) is 16.5. The molecule has 144 valence electrons. The molecule has 1 atom stereocenters. The summed E-state index contributed by atoms with van der Waals surface area (Å²) in [5, 5.41) is 0.152. The Morgan fingerprint density at radius 1 is 1.07 bits per heavy atom. The third-order valence-corrected chi connectivity index (χ3v) is 5.11. The van der Waals surface area contributed by atoms with Gasteiger partial charge in [-0.25, -0.2) is 4.39 Å². The minimum Gasteiger partial charge on any atom is -0.492 e. The average Bonchev–Trinajstić information content (AvgIpc) is 2.69. The fraction of sp³-hybridized carbons (Fsp3) is 0.364. The van der Waals surface area contributed by atoms with Gasteiger partial charge >= 0.3 is 0 Å². The predicted molar refractivity (Wildman–Crippen MR) is 114 cm³/mol. The lowest BCUT2D eigenvalue weighted by molar-refractivity contribution is 0.230. The van der Waals surface area contributed by atoms with E-state index in [1.807, 2.05) is 36.4 Å². The fourth-order valence-electron chi connectivity index (χ4n) is 3.35. The number of para-hydroxylation sites is 1. The molecule has 1 aliphatic rings. The van der Waals surface area contributed by atoms with Crippen LogP contribution in [0.4, 0.5) is 10.1 Å². The maximum atomic E-state index is 13.1. The summed E-state index contributed by atoms with van der Waals surface area (Å²) in [6, 6.07) is 14.8. The fourth-order valence-corrected chi connectivity index (χ4v) is 3.65. The monoisotopic (exact) mass is 386 g/mol. The van der Waals surface area contributed by atoms with E-state index in [1.165, 1.54) is 12.1 Å². The van der Waals surface area contributed by atoms with Crippen molar-refractivity contribution in [1.29, 1.82) is 0 Å². The van der Waals surface area contributed by atoms with Gasteiger partial charge in [0.2, 0.25) is 0 Å². The number of hydrogen-bond acceptors (Lipinski definition) is 4. The second kappa shape index (κ2) is 9.81. The topological polar surface area (TPSA) is 15.7 Å². The summed E-state index contributed by atoms with van der Waals surface area (Å²) in [5.41, 5.74) is 2.24. The zero-order chi connectivity index (χ0) is 19.1. The minimum absolute atomic E-state index is 0.152. The predicted octanol–water partition coefficient (Wildman–Crippen LogP) is 4.05. The first-order chi connectivity index (χ1) is 13.2. The van der Waals surface area contributed by atoms with Crippen LogP contribution in [-0.4, -0.2) is 49.5 Å². The van der Waals surface area contributed by atoms with E-state index in [0.29, 0.717) is 6.61 Å². The molecule has 5 heteroatoms. The largest absolute Gasteiger partial charge is 0.492 e. The number of halogens is 1. The Hall–Kier alpha value is -1.98. The molecule has 1 aliphatic heterocycles. The Balaban J connectivity index is 1.44. The number of rotatable bonds is 8. The SMILES string of the molecule is C=CCc1ccccc1OC[C@H](S)CN1CCN(c2ccc(F)cc2)CC1. The van der Waals surface area contributed by atoms with Crippen molar-refractivity contribution in [1.82, 2.24) is 4.90 Å². The number of thiol groups is 1. The van der Waals surface area contributed by atoms with Crippen LogP contribution in [0.3, 0.4) is 0 Å². The molecule has 0 saturated carbocycles. The minimum atomic E-state index is -0.190. The number of anilines is 1. The van der Waals surface area contributed by atoms with Gasteiger partial charge in [-0.15, -0.1) is 6.58 Å². The molecule has 0 aromatic heterocycles. The Labute approximate surface area is 166 Å². The van der Waals surface area contributed by atoms with Crippen LogP contribution in [0.15, 0.2) is 61.2 Å². The lowest BCUT2D eigenvalue weighted by Crippen LogP contribution is -2.48. The summed E-state index contributed by atoms with van der Waals surface area (Å²) in [5.74, 6) is 0.725. The molecule has 0 amide bonds. The highest BCUT2D eigenvalue weighted by atomic mass is 32.1. The normalized spacial score (nSPS) is 16.1. The molecule has 3 nitrogen and oxygen atoms in total. The number of hydrogen-bond donors (Lipinski definition) is 1. The van der Waals surface area contributed by atoms with Gasteiger partial charge in [-0.05, 0) is 42.3 Å². The molecule has 0 spiro atoms. The van der Waals surface area contributed by atoms with Gasteiger partial charge in [-0.1, -0.05) is 24.3 Å². The lowest BCUT2D eigenvalue weighted by atomic mass is 10.1. The lowest BCUT2D eigenvalue weighted by Gasteiger charge is -2.37. The Morgan fingerprint density at radius 2 is 1.78 bits per heavy atom. The Kier molecular flexibility index (Phi) is 7.18. The summed E-state index contributed by atoms with van der Waals surface area (Å²) in [6.07, 6.45) is 2.69. The molecule has 3 rings (SSSR count). The van der Waals surface area contributed by atoms with E-state index in [0.717, 1.165) is 56.1 Å². The second-order valence-electron chi connectivity index (χ2n) is 6.83. The van der Waals surface area contributed by atoms with Crippen LogP contribution in [0, 0.1) is 5.82 Å². The van der Waals surface area contributed by atoms with Crippen molar-refractivity contribution in [2.24, 2.45) is 0 Å². The van der Waals surface area contributed by atoms with E-state index in [9.17, 15) is 4.39 Å². The first-order valence-corrected chi connectivity index (χ1v) is 9.90. The summed E-state index contributed by atoms with van der Waals surface area (Å²) in [7, 11) is 0. The molecule has 27 heavy (non-hydrogen) atoms. The molecule has 2 aromatic carbocycles. The van der Waals surface area contributed by atoms with E-state index >= 15 is 0 Å². The van der Waals surface area contributed by atoms with Crippen LogP contribution in [0.5, 0.6) is 5.75 Å². The number of ether oxygens (including phenoxy) is 1. The van der Waals surface area contributed by atoms with Crippen molar-refractivity contribution in [3.63, 3.8) is 0 Å². The number of piperazine rings is 1. The highest BCUT2D eigenvalue weighted by molar-refractivity contribution is 7.81. The van der Waals surface area contributed by atoms with Gasteiger partial charge in [0.05, 0.1) is 0 Å². The third-order valence-electron chi connectivity index (χ3n) is 4.80. The van der Waals surface area contributed by atoms with Crippen LogP contribution in [0.25, 0.3) is 0 Å². The summed E-state index contributed by atoms with van der Waals surface area (Å²) in [6.45, 7) is 9.10. The van der Waals surface area contributed by atoms with Crippen molar-refractivity contribution >= 4 is 18.3 Å². The molecular weight excluding hydrogens is 359 g/mol. The van der Waals surface area contributed by atoms with Gasteiger partial charge in [0.15, 0.2) is 0 Å². The highest BCUT2D eigenvalue weighted by Crippen LogP contribution is 2.20. The van der Waals surface area contributed by atoms with Gasteiger partial charge in [-0.3, -0.25) is 4.90 Å². The molecule has 0 N–H and O–H groups in total. The quantitative estimate of drug-likeness (QED) is 0.544. The molecule has 1 fully saturated rings. The molecule has 0 unspecified atom stereocenters. The summed E-state index contributed by atoms with van der Waals surface area (Å²) < 4.78 is 19.1. The second-order valence-corrected chi connectivity index (χ2v) is 7.56. The van der Waals surface area contributed by atoms with E-state index in [2.05, 4.69) is 22.4 Å². The number of allylic oxidation sites excluding steroid dienone is 1. The molecule has 1 heterocycles. The van der Waals surface area contributed by atoms with Crippen molar-refractivity contribution in [3.05, 3.63) is 72.6 Å². The van der Waals surface area contributed by atoms with Crippen molar-refractivity contribution in [2.45, 2.75) is 11.7 Å². The molecule has 1 saturated heterocycles. The first-order valence-electron chi connectivity index (χ1n) is 9.38. The summed E-state index contributed by atoms with van der Waals surface area (Å²) >= 11 is 4.72. The Bertz CT molecular complexity index is 729. The van der Waals surface area contributed by atoms with Crippen LogP contribution in [0.1, 0.15) is 5.56 Å².